The summed E-state index contributed by atoms with van der Waals surface area (Å²) in [5.74, 6) is 0.265. The first-order chi connectivity index (χ1) is 9.99. The molecule has 110 valence electrons. The summed E-state index contributed by atoms with van der Waals surface area (Å²) < 4.78 is 0. The quantitative estimate of drug-likeness (QED) is 0.669. The Morgan fingerprint density at radius 2 is 2.00 bits per heavy atom. The molecule has 21 heavy (non-hydrogen) atoms. The molecule has 2 N–H and O–H groups in total. The lowest BCUT2D eigenvalue weighted by molar-refractivity contribution is -0.384. The number of nitrogens with zero attached hydrogens (tertiary/aromatic N) is 4. The summed E-state index contributed by atoms with van der Waals surface area (Å²) in [6.45, 7) is 4.61. The molecule has 2 aromatic rings. The van der Waals surface area contributed by atoms with Crippen molar-refractivity contribution in [2.45, 2.75) is 26.4 Å². The number of hydrogen-bond acceptors (Lipinski definition) is 6. The number of hydrogen-bond donors (Lipinski definition) is 1. The minimum Gasteiger partial charge on any atom is -0.378 e. The highest BCUT2D eigenvalue weighted by Crippen LogP contribution is 2.22. The second-order valence-corrected chi connectivity index (χ2v) is 4.90. The zero-order chi connectivity index (χ0) is 15.4. The molecule has 0 saturated carbocycles. The maximum atomic E-state index is 10.8. The van der Waals surface area contributed by atoms with Gasteiger partial charge in [-0.2, -0.15) is 4.98 Å². The Morgan fingerprint density at radius 1 is 1.33 bits per heavy atom. The van der Waals surface area contributed by atoms with E-state index >= 15 is 0 Å². The Morgan fingerprint density at radius 3 is 2.52 bits per heavy atom. The predicted molar refractivity (Wildman–Crippen MR) is 80.9 cm³/mol. The smallest absolute Gasteiger partial charge is 0.329 e. The van der Waals surface area contributed by atoms with E-state index in [9.17, 15) is 10.1 Å². The summed E-state index contributed by atoms with van der Waals surface area (Å²) in [6.07, 6.45) is 1.15. The van der Waals surface area contributed by atoms with Crippen LogP contribution in [0.3, 0.4) is 0 Å². The van der Waals surface area contributed by atoms with Crippen LogP contribution in [0.2, 0.25) is 0 Å². The van der Waals surface area contributed by atoms with Crippen LogP contribution in [0.15, 0.2) is 36.5 Å². The number of rotatable bonds is 5. The Balaban J connectivity index is 2.31. The fourth-order valence-electron chi connectivity index (χ4n) is 1.92. The molecular weight excluding hydrogens is 270 g/mol. The summed E-state index contributed by atoms with van der Waals surface area (Å²) in [7, 11) is 0. The van der Waals surface area contributed by atoms with Crippen LogP contribution in [0.1, 0.15) is 19.4 Å². The number of nitro groups is 1. The lowest BCUT2D eigenvalue weighted by Gasteiger charge is -2.26. The third kappa shape index (κ3) is 3.44. The van der Waals surface area contributed by atoms with Gasteiger partial charge in [-0.3, -0.25) is 10.1 Å². The summed E-state index contributed by atoms with van der Waals surface area (Å²) >= 11 is 0. The van der Waals surface area contributed by atoms with Gasteiger partial charge in [0.05, 0.1) is 4.92 Å². The van der Waals surface area contributed by atoms with Crippen molar-refractivity contribution in [1.29, 1.82) is 0 Å². The number of nitrogens with two attached hydrogens (primary N) is 1. The van der Waals surface area contributed by atoms with Gasteiger partial charge in [0.1, 0.15) is 6.20 Å². The maximum absolute atomic E-state index is 10.8. The van der Waals surface area contributed by atoms with Gasteiger partial charge in [-0.1, -0.05) is 30.3 Å². The highest BCUT2D eigenvalue weighted by atomic mass is 16.6. The van der Waals surface area contributed by atoms with Gasteiger partial charge < -0.3 is 10.6 Å². The van der Waals surface area contributed by atoms with Crippen LogP contribution in [0, 0.1) is 10.1 Å². The molecule has 7 nitrogen and oxygen atoms in total. The van der Waals surface area contributed by atoms with Crippen molar-refractivity contribution >= 4 is 17.5 Å². The summed E-state index contributed by atoms with van der Waals surface area (Å²) in [5, 5.41) is 10.8. The molecule has 0 aliphatic carbocycles. The molecule has 2 rings (SSSR count). The van der Waals surface area contributed by atoms with E-state index in [2.05, 4.69) is 9.97 Å². The predicted octanol–water partition coefficient (Wildman–Crippen LogP) is 2.38. The molecule has 0 fully saturated rings. The summed E-state index contributed by atoms with van der Waals surface area (Å²) in [5.41, 5.74) is 6.46. The van der Waals surface area contributed by atoms with Gasteiger partial charge in [0.2, 0.25) is 11.8 Å². The molecule has 1 heterocycles. The van der Waals surface area contributed by atoms with Crippen LogP contribution in [-0.4, -0.2) is 20.9 Å². The molecule has 7 heteroatoms. The van der Waals surface area contributed by atoms with Crippen molar-refractivity contribution < 1.29 is 4.92 Å². The summed E-state index contributed by atoms with van der Waals surface area (Å²) in [6, 6.07) is 10.0. The lowest BCUT2D eigenvalue weighted by atomic mass is 10.2. The van der Waals surface area contributed by atoms with E-state index in [-0.39, 0.29) is 17.5 Å². The van der Waals surface area contributed by atoms with Crippen molar-refractivity contribution in [3.63, 3.8) is 0 Å². The van der Waals surface area contributed by atoms with Gasteiger partial charge in [-0.25, -0.2) is 4.98 Å². The molecule has 0 bridgehead atoms. The number of anilines is 2. The molecule has 0 amide bonds. The minimum absolute atomic E-state index is 0.122. The standard InChI is InChI=1S/C14H17N5O2/c1-10(2)18(9-11-6-4-3-5-7-11)14-16-8-12(19(20)21)13(15)17-14/h3-8,10H,9H2,1-2H3,(H2,15,16,17). The minimum atomic E-state index is -0.587. The largest absolute Gasteiger partial charge is 0.378 e. The first-order valence-electron chi connectivity index (χ1n) is 6.56. The normalized spacial score (nSPS) is 10.6. The van der Waals surface area contributed by atoms with Crippen LogP contribution in [0.5, 0.6) is 0 Å². The number of aromatic nitrogens is 2. The van der Waals surface area contributed by atoms with Crippen molar-refractivity contribution in [3.8, 4) is 0 Å². The topological polar surface area (TPSA) is 98.2 Å². The van der Waals surface area contributed by atoms with Gasteiger partial charge in [0.25, 0.3) is 0 Å². The average molecular weight is 287 g/mol. The van der Waals surface area contributed by atoms with Crippen LogP contribution in [0.25, 0.3) is 0 Å². The first-order valence-corrected chi connectivity index (χ1v) is 6.56. The van der Waals surface area contributed by atoms with Crippen molar-refractivity contribution in [1.82, 2.24) is 9.97 Å². The van der Waals surface area contributed by atoms with E-state index < -0.39 is 4.92 Å². The highest BCUT2D eigenvalue weighted by Gasteiger charge is 2.19. The summed E-state index contributed by atoms with van der Waals surface area (Å²) in [4.78, 5) is 20.2. The molecule has 1 aromatic carbocycles. The third-order valence-corrected chi connectivity index (χ3v) is 3.06. The van der Waals surface area contributed by atoms with E-state index in [4.69, 9.17) is 5.73 Å². The Kier molecular flexibility index (Phi) is 4.32. The van der Waals surface area contributed by atoms with E-state index in [1.165, 1.54) is 0 Å². The van der Waals surface area contributed by atoms with Crippen molar-refractivity contribution in [3.05, 3.63) is 52.2 Å². The van der Waals surface area contributed by atoms with Crippen LogP contribution in [0.4, 0.5) is 17.5 Å². The lowest BCUT2D eigenvalue weighted by Crippen LogP contribution is -2.32. The average Bonchev–Trinajstić information content (AvgIpc) is 2.45. The molecule has 1 aromatic heterocycles. The monoisotopic (exact) mass is 287 g/mol. The maximum Gasteiger partial charge on any atom is 0.329 e. The van der Waals surface area contributed by atoms with Crippen LogP contribution < -0.4 is 10.6 Å². The Bertz CT molecular complexity index is 631. The SMILES string of the molecule is CC(C)N(Cc1ccccc1)c1ncc([N+](=O)[O-])c(N)n1. The van der Waals surface area contributed by atoms with Crippen molar-refractivity contribution in [2.75, 3.05) is 10.6 Å². The molecule has 0 atom stereocenters. The Hall–Kier alpha value is -2.70. The fourth-order valence-corrected chi connectivity index (χ4v) is 1.92. The van der Waals surface area contributed by atoms with E-state index in [1.807, 2.05) is 49.1 Å². The van der Waals surface area contributed by atoms with Gasteiger partial charge in [-0.15, -0.1) is 0 Å². The second kappa shape index (κ2) is 6.17. The van der Waals surface area contributed by atoms with Gasteiger partial charge in [0, 0.05) is 12.6 Å². The van der Waals surface area contributed by atoms with E-state index in [0.29, 0.717) is 12.5 Å². The van der Waals surface area contributed by atoms with E-state index in [1.54, 1.807) is 0 Å². The molecule has 0 aliphatic heterocycles. The number of nitrogen functional groups attached to an aromatic ring is 1. The van der Waals surface area contributed by atoms with Gasteiger partial charge >= 0.3 is 5.69 Å². The molecular formula is C14H17N5O2. The van der Waals surface area contributed by atoms with Gasteiger partial charge in [0.15, 0.2) is 0 Å². The van der Waals surface area contributed by atoms with E-state index in [0.717, 1.165) is 11.8 Å². The van der Waals surface area contributed by atoms with Crippen LogP contribution >= 0.6 is 0 Å². The zero-order valence-electron chi connectivity index (χ0n) is 11.9. The highest BCUT2D eigenvalue weighted by molar-refractivity contribution is 5.54. The van der Waals surface area contributed by atoms with Crippen LogP contribution in [-0.2, 0) is 6.54 Å². The molecule has 0 unspecified atom stereocenters. The first kappa shape index (κ1) is 14.7. The molecule has 0 radical (unpaired) electrons. The molecule has 0 aliphatic rings. The number of benzene rings is 1. The third-order valence-electron chi connectivity index (χ3n) is 3.06. The zero-order valence-corrected chi connectivity index (χ0v) is 11.9. The molecule has 0 spiro atoms. The van der Waals surface area contributed by atoms with Gasteiger partial charge in [-0.05, 0) is 19.4 Å². The Labute approximate surface area is 122 Å². The molecule has 0 saturated heterocycles. The second-order valence-electron chi connectivity index (χ2n) is 4.90. The fraction of sp³-hybridized carbons (Fsp3) is 0.286. The van der Waals surface area contributed by atoms with Crippen molar-refractivity contribution in [2.24, 2.45) is 0 Å².